The molecule has 1 aliphatic carbocycles. The van der Waals surface area contributed by atoms with E-state index in [0.717, 1.165) is 15.5 Å². The first kappa shape index (κ1) is 28.6. The lowest BCUT2D eigenvalue weighted by Crippen LogP contribution is -2.42. The first-order chi connectivity index (χ1) is 19.0. The monoisotopic (exact) mass is 630 g/mol. The normalized spacial score (nSPS) is 18.6. The van der Waals surface area contributed by atoms with Gasteiger partial charge in [0.2, 0.25) is 11.0 Å². The molecule has 0 radical (unpaired) electrons. The Bertz CT molecular complexity index is 1610. The van der Waals surface area contributed by atoms with Crippen LogP contribution in [0.1, 0.15) is 42.4 Å². The number of aromatic nitrogens is 2. The number of anilines is 2. The van der Waals surface area contributed by atoms with Crippen LogP contribution in [0.2, 0.25) is 10.0 Å². The van der Waals surface area contributed by atoms with Gasteiger partial charge in [0.15, 0.2) is 10.1 Å². The Kier molecular flexibility index (Phi) is 8.01. The lowest BCUT2D eigenvalue weighted by Gasteiger charge is -2.42. The number of halogens is 2. The van der Waals surface area contributed by atoms with E-state index in [1.165, 1.54) is 23.1 Å². The van der Waals surface area contributed by atoms with Crippen LogP contribution in [0.25, 0.3) is 0 Å². The second-order valence-corrected chi connectivity index (χ2v) is 14.5. The maximum Gasteiger partial charge on any atom is 0.234 e. The number of carbonyl (C=O) groups excluding carboxylic acids is 2. The summed E-state index contributed by atoms with van der Waals surface area (Å²) in [6.45, 7) is 6.08. The number of thioether (sulfide) groups is 1. The van der Waals surface area contributed by atoms with Crippen LogP contribution in [0.15, 0.2) is 57.3 Å². The van der Waals surface area contributed by atoms with Gasteiger partial charge in [-0.15, -0.1) is 21.5 Å². The summed E-state index contributed by atoms with van der Waals surface area (Å²) in [6.07, 6.45) is 0.957. The molecule has 3 N–H and O–H groups in total. The van der Waals surface area contributed by atoms with E-state index in [1.807, 2.05) is 32.9 Å². The van der Waals surface area contributed by atoms with E-state index in [2.05, 4.69) is 21.6 Å². The van der Waals surface area contributed by atoms with Crippen molar-refractivity contribution in [2.75, 3.05) is 16.0 Å². The summed E-state index contributed by atoms with van der Waals surface area (Å²) in [5.41, 5.74) is 8.37. The van der Waals surface area contributed by atoms with Crippen LogP contribution in [0.5, 0.6) is 0 Å². The predicted octanol–water partition coefficient (Wildman–Crippen LogP) is 6.89. The predicted molar refractivity (Wildman–Crippen MR) is 162 cm³/mol. The Morgan fingerprint density at radius 2 is 1.95 bits per heavy atom. The zero-order valence-electron chi connectivity index (χ0n) is 21.7. The Labute approximate surface area is 253 Å². The van der Waals surface area contributed by atoms with Crippen molar-refractivity contribution in [1.29, 1.82) is 5.26 Å². The molecular weight excluding hydrogens is 607 g/mol. The van der Waals surface area contributed by atoms with Crippen molar-refractivity contribution in [1.82, 2.24) is 10.2 Å². The van der Waals surface area contributed by atoms with E-state index in [0.29, 0.717) is 49.2 Å². The summed E-state index contributed by atoms with van der Waals surface area (Å²) in [5, 5.41) is 22.7. The number of carbonyl (C=O) groups is 2. The number of ketones is 1. The highest BCUT2D eigenvalue weighted by atomic mass is 35.5. The minimum atomic E-state index is -0.513. The molecule has 0 fully saturated rings. The molecule has 1 amide bonds. The van der Waals surface area contributed by atoms with Crippen LogP contribution in [-0.4, -0.2) is 27.6 Å². The fourth-order valence-electron chi connectivity index (χ4n) is 4.89. The summed E-state index contributed by atoms with van der Waals surface area (Å²) < 4.78 is 0.529. The van der Waals surface area contributed by atoms with E-state index >= 15 is 0 Å². The third kappa shape index (κ3) is 5.51. The highest BCUT2D eigenvalue weighted by Crippen LogP contribution is 2.51. The van der Waals surface area contributed by atoms with Gasteiger partial charge in [-0.2, -0.15) is 5.26 Å². The van der Waals surface area contributed by atoms with Crippen molar-refractivity contribution in [2.45, 2.75) is 43.9 Å². The molecule has 0 saturated heterocycles. The number of amides is 1. The van der Waals surface area contributed by atoms with Crippen LogP contribution in [-0.2, 0) is 9.59 Å². The summed E-state index contributed by atoms with van der Waals surface area (Å²) in [6, 6.07) is 11.2. The second kappa shape index (κ2) is 11.2. The number of aryl methyl sites for hydroxylation is 1. The first-order valence-corrected chi connectivity index (χ1v) is 15.6. The van der Waals surface area contributed by atoms with Gasteiger partial charge in [-0.3, -0.25) is 14.5 Å². The van der Waals surface area contributed by atoms with Gasteiger partial charge in [0, 0.05) is 27.4 Å². The van der Waals surface area contributed by atoms with Gasteiger partial charge in [-0.1, -0.05) is 66.2 Å². The lowest BCUT2D eigenvalue weighted by atomic mass is 9.70. The smallest absolute Gasteiger partial charge is 0.234 e. The topological polar surface area (TPSA) is 125 Å². The lowest BCUT2D eigenvalue weighted by molar-refractivity contribution is -0.118. The molecule has 2 aromatic heterocycles. The van der Waals surface area contributed by atoms with Crippen molar-refractivity contribution < 1.29 is 9.59 Å². The molecule has 3 heterocycles. The highest BCUT2D eigenvalue weighted by molar-refractivity contribution is 8.01. The number of nitriles is 1. The molecule has 0 spiro atoms. The van der Waals surface area contributed by atoms with E-state index in [1.54, 1.807) is 34.4 Å². The number of thiophene rings is 1. The van der Waals surface area contributed by atoms with Gasteiger partial charge in [0.05, 0.1) is 39.0 Å². The van der Waals surface area contributed by atoms with Crippen molar-refractivity contribution in [3.05, 3.63) is 72.8 Å². The van der Waals surface area contributed by atoms with Crippen LogP contribution >= 0.6 is 57.6 Å². The van der Waals surface area contributed by atoms with Crippen molar-refractivity contribution in [3.8, 4) is 6.07 Å². The zero-order chi connectivity index (χ0) is 28.8. The number of hydrogen-bond acceptors (Lipinski definition) is 10. The third-order valence-electron chi connectivity index (χ3n) is 6.57. The number of Topliss-reactive ketones (excluding diaryl/α,β-unsaturated/α-hetero) is 1. The standard InChI is InChI=1S/C27H24Cl2N6O2S3/c1-13-7-8-19(39-13)21-14(11-30)24(31)35(17-9-27(2,3)10-18(36)22(17)21)25-33-34-26(40-25)38-12-20(37)32-23-15(28)5-4-6-16(23)29/h4-8,21H,9-10,12,31H2,1-3H3,(H,32,37). The number of rotatable bonds is 6. The summed E-state index contributed by atoms with van der Waals surface area (Å²) in [4.78, 5) is 29.9. The molecule has 5 rings (SSSR count). The highest BCUT2D eigenvalue weighted by Gasteiger charge is 2.45. The number of nitrogens with two attached hydrogens (primary N) is 1. The van der Waals surface area contributed by atoms with Gasteiger partial charge >= 0.3 is 0 Å². The molecule has 13 heteroatoms. The summed E-state index contributed by atoms with van der Waals surface area (Å²) in [5.74, 6) is -0.534. The fourth-order valence-corrected chi connectivity index (χ4v) is 8.06. The SMILES string of the molecule is Cc1ccc(C2C(C#N)=C(N)N(c3nnc(SCC(=O)Nc4c(Cl)cccc4Cl)s3)C3=C2C(=O)CC(C)(C)C3)s1. The number of allylic oxidation sites excluding steroid dienone is 3. The van der Waals surface area contributed by atoms with Crippen molar-refractivity contribution in [2.24, 2.45) is 11.1 Å². The molecule has 1 atom stereocenters. The minimum absolute atomic E-state index is 0.00146. The van der Waals surface area contributed by atoms with E-state index < -0.39 is 5.92 Å². The molecule has 40 heavy (non-hydrogen) atoms. The van der Waals surface area contributed by atoms with Gasteiger partial charge in [-0.05, 0) is 43.0 Å². The first-order valence-electron chi connectivity index (χ1n) is 12.2. The van der Waals surface area contributed by atoms with E-state index in [4.69, 9.17) is 28.9 Å². The second-order valence-electron chi connectivity index (χ2n) is 10.2. The Morgan fingerprint density at radius 3 is 2.60 bits per heavy atom. The van der Waals surface area contributed by atoms with Crippen molar-refractivity contribution >= 4 is 80.1 Å². The van der Waals surface area contributed by atoms with Gasteiger partial charge in [0.25, 0.3) is 0 Å². The number of hydrogen-bond donors (Lipinski definition) is 2. The third-order valence-corrected chi connectivity index (χ3v) is 10.3. The number of nitrogens with zero attached hydrogens (tertiary/aromatic N) is 4. The largest absolute Gasteiger partial charge is 0.384 e. The fraction of sp³-hybridized carbons (Fsp3) is 0.296. The molecule has 3 aromatic rings. The molecule has 0 bridgehead atoms. The van der Waals surface area contributed by atoms with Crippen LogP contribution in [0, 0.1) is 23.7 Å². The molecule has 1 aromatic carbocycles. The van der Waals surface area contributed by atoms with E-state index in [-0.39, 0.29) is 28.7 Å². The van der Waals surface area contributed by atoms with Gasteiger partial charge in [0.1, 0.15) is 5.82 Å². The maximum absolute atomic E-state index is 13.6. The average molecular weight is 632 g/mol. The average Bonchev–Trinajstić information content (AvgIpc) is 3.52. The van der Waals surface area contributed by atoms with E-state index in [9.17, 15) is 14.9 Å². The molecule has 1 aliphatic heterocycles. The zero-order valence-corrected chi connectivity index (χ0v) is 25.7. The summed E-state index contributed by atoms with van der Waals surface area (Å²) >= 11 is 16.3. The van der Waals surface area contributed by atoms with Gasteiger partial charge < -0.3 is 11.1 Å². The Balaban J connectivity index is 1.45. The molecule has 0 saturated carbocycles. The van der Waals surface area contributed by atoms with Crippen LogP contribution < -0.4 is 16.0 Å². The molecule has 2 aliphatic rings. The molecule has 1 unspecified atom stereocenters. The number of nitrogens with one attached hydrogen (secondary N) is 1. The Hall–Kier alpha value is -2.88. The molecule has 8 nitrogen and oxygen atoms in total. The minimum Gasteiger partial charge on any atom is -0.384 e. The van der Waals surface area contributed by atoms with Gasteiger partial charge in [-0.25, -0.2) is 0 Å². The summed E-state index contributed by atoms with van der Waals surface area (Å²) in [7, 11) is 0. The van der Waals surface area contributed by atoms with Crippen LogP contribution in [0.4, 0.5) is 10.8 Å². The number of para-hydroxylation sites is 1. The molecular formula is C27H24Cl2N6O2S3. The quantitative estimate of drug-likeness (QED) is 0.282. The maximum atomic E-state index is 13.6. The van der Waals surface area contributed by atoms with Crippen LogP contribution in [0.3, 0.4) is 0 Å². The number of benzene rings is 1. The van der Waals surface area contributed by atoms with Crippen molar-refractivity contribution in [3.63, 3.8) is 0 Å². The Morgan fingerprint density at radius 1 is 1.23 bits per heavy atom. The molecule has 206 valence electrons.